The number of carboxylic acids is 1. The van der Waals surface area contributed by atoms with Gasteiger partial charge in [-0.25, -0.2) is 18.6 Å². The second-order valence-electron chi connectivity index (χ2n) is 3.36. The van der Waals surface area contributed by atoms with Crippen LogP contribution in [0.15, 0.2) is 36.5 Å². The number of pyridine rings is 1. The fourth-order valence-corrected chi connectivity index (χ4v) is 1.39. The Morgan fingerprint density at radius 2 is 1.74 bits per heavy atom. The molecule has 1 heterocycles. The van der Waals surface area contributed by atoms with Gasteiger partial charge >= 0.3 is 5.97 Å². The van der Waals surface area contributed by atoms with Gasteiger partial charge in [0.05, 0.1) is 0 Å². The molecule has 3 nitrogen and oxygen atoms in total. The lowest BCUT2D eigenvalue weighted by atomic mass is 10.1. The molecule has 1 aromatic heterocycles. The Balaban J connectivity index is 0.000000861. The molecule has 0 amide bonds. The Morgan fingerprint density at radius 3 is 2.21 bits per heavy atom. The van der Waals surface area contributed by atoms with E-state index in [0.717, 1.165) is 12.3 Å². The predicted octanol–water partition coefficient (Wildman–Crippen LogP) is 3.75. The van der Waals surface area contributed by atoms with Crippen LogP contribution in [0.5, 0.6) is 0 Å². The minimum Gasteiger partial charge on any atom is -0.477 e. The third-order valence-corrected chi connectivity index (χ3v) is 2.23. The maximum absolute atomic E-state index is 13.6. The molecule has 0 fully saturated rings. The van der Waals surface area contributed by atoms with Crippen molar-refractivity contribution >= 4 is 5.97 Å². The summed E-state index contributed by atoms with van der Waals surface area (Å²) >= 11 is 0. The number of hydrogen-bond acceptors (Lipinski definition) is 2. The highest BCUT2D eigenvalue weighted by Gasteiger charge is 2.11. The first-order chi connectivity index (χ1) is 9.08. The van der Waals surface area contributed by atoms with Crippen molar-refractivity contribution in [1.82, 2.24) is 4.98 Å². The Kier molecular flexibility index (Phi) is 5.11. The van der Waals surface area contributed by atoms with Crippen LogP contribution in [0, 0.1) is 11.6 Å². The number of benzene rings is 1. The lowest BCUT2D eigenvalue weighted by molar-refractivity contribution is 0.0690. The minimum absolute atomic E-state index is 0.134. The first-order valence-electron chi connectivity index (χ1n) is 5.72. The van der Waals surface area contributed by atoms with Crippen LogP contribution < -0.4 is 0 Å². The summed E-state index contributed by atoms with van der Waals surface area (Å²) in [7, 11) is 0. The fourth-order valence-electron chi connectivity index (χ4n) is 1.39. The Hall–Kier alpha value is -2.30. The van der Waals surface area contributed by atoms with E-state index in [9.17, 15) is 13.6 Å². The van der Waals surface area contributed by atoms with Crippen LogP contribution in [0.25, 0.3) is 11.1 Å². The van der Waals surface area contributed by atoms with Crippen molar-refractivity contribution in [3.63, 3.8) is 0 Å². The highest BCUT2D eigenvalue weighted by Crippen LogP contribution is 2.22. The molecule has 2 rings (SSSR count). The summed E-state index contributed by atoms with van der Waals surface area (Å²) in [6.45, 7) is 4.00. The lowest BCUT2D eigenvalue weighted by Crippen LogP contribution is -2.01. The lowest BCUT2D eigenvalue weighted by Gasteiger charge is -2.03. The molecule has 0 aliphatic rings. The van der Waals surface area contributed by atoms with Crippen molar-refractivity contribution in [1.29, 1.82) is 0 Å². The number of carbonyl (C=O) groups is 1. The molecule has 0 unspecified atom stereocenters. The molecule has 19 heavy (non-hydrogen) atoms. The zero-order valence-electron chi connectivity index (χ0n) is 10.5. The van der Waals surface area contributed by atoms with Crippen LogP contribution >= 0.6 is 0 Å². The largest absolute Gasteiger partial charge is 0.477 e. The maximum atomic E-state index is 13.6. The number of aromatic carboxylic acids is 1. The molecule has 0 atom stereocenters. The number of rotatable bonds is 2. The van der Waals surface area contributed by atoms with Gasteiger partial charge in [0.2, 0.25) is 0 Å². The molecular formula is C14H13F2NO2. The average Bonchev–Trinajstić information content (AvgIpc) is 2.42. The minimum atomic E-state index is -1.30. The fraction of sp³-hybridized carbons (Fsp3) is 0.143. The normalized spacial score (nSPS) is 9.47. The summed E-state index contributed by atoms with van der Waals surface area (Å²) in [5, 5.41) is 8.63. The summed E-state index contributed by atoms with van der Waals surface area (Å²) in [5.74, 6) is -2.43. The van der Waals surface area contributed by atoms with Crippen LogP contribution in [0.3, 0.4) is 0 Å². The zero-order valence-corrected chi connectivity index (χ0v) is 10.5. The first-order valence-corrected chi connectivity index (χ1v) is 5.72. The van der Waals surface area contributed by atoms with Gasteiger partial charge in [-0.2, -0.15) is 0 Å². The quantitative estimate of drug-likeness (QED) is 0.899. The Morgan fingerprint density at radius 1 is 1.16 bits per heavy atom. The van der Waals surface area contributed by atoms with E-state index in [2.05, 4.69) is 4.98 Å². The van der Waals surface area contributed by atoms with Crippen molar-refractivity contribution in [2.24, 2.45) is 0 Å². The van der Waals surface area contributed by atoms with Crippen molar-refractivity contribution in [2.45, 2.75) is 13.8 Å². The Bertz CT molecular complexity index is 568. The average molecular weight is 265 g/mol. The molecule has 0 radical (unpaired) electrons. The standard InChI is InChI=1S/C12H7F2NO2.C2H6/c13-8-3-1-7(2-4-8)9-6-15-11(12(16)17)5-10(9)14;1-2/h1-6H,(H,16,17);1-2H3. The monoisotopic (exact) mass is 265 g/mol. The SMILES string of the molecule is CC.O=C(O)c1cc(F)c(-c2ccc(F)cc2)cn1. The van der Waals surface area contributed by atoms with Crippen LogP contribution in [0.1, 0.15) is 24.3 Å². The van der Waals surface area contributed by atoms with Crippen molar-refractivity contribution in [3.05, 3.63) is 53.9 Å². The van der Waals surface area contributed by atoms with Gasteiger partial charge in [-0.15, -0.1) is 0 Å². The molecule has 100 valence electrons. The molecule has 5 heteroatoms. The third kappa shape index (κ3) is 3.58. The van der Waals surface area contributed by atoms with Gasteiger partial charge in [0, 0.05) is 17.8 Å². The van der Waals surface area contributed by atoms with E-state index in [1.165, 1.54) is 24.3 Å². The number of halogens is 2. The molecule has 0 aliphatic carbocycles. The summed E-state index contributed by atoms with van der Waals surface area (Å²) in [6.07, 6.45) is 1.12. The summed E-state index contributed by atoms with van der Waals surface area (Å²) < 4.78 is 26.3. The Labute approximate surface area is 109 Å². The molecule has 1 aromatic carbocycles. The molecule has 0 saturated carbocycles. The van der Waals surface area contributed by atoms with E-state index >= 15 is 0 Å². The maximum Gasteiger partial charge on any atom is 0.354 e. The summed E-state index contributed by atoms with van der Waals surface area (Å²) in [5.41, 5.74) is 0.205. The zero-order chi connectivity index (χ0) is 14.4. The van der Waals surface area contributed by atoms with Crippen LogP contribution in [-0.4, -0.2) is 16.1 Å². The van der Waals surface area contributed by atoms with E-state index < -0.39 is 17.6 Å². The first kappa shape index (κ1) is 14.8. The summed E-state index contributed by atoms with van der Waals surface area (Å²) in [4.78, 5) is 14.2. The van der Waals surface area contributed by atoms with E-state index in [1.54, 1.807) is 0 Å². The van der Waals surface area contributed by atoms with Gasteiger partial charge in [0.15, 0.2) is 5.69 Å². The van der Waals surface area contributed by atoms with Crippen molar-refractivity contribution < 1.29 is 18.7 Å². The van der Waals surface area contributed by atoms with Crippen LogP contribution in [0.4, 0.5) is 8.78 Å². The summed E-state index contributed by atoms with van der Waals surface area (Å²) in [6, 6.07) is 6.02. The predicted molar refractivity (Wildman–Crippen MR) is 67.9 cm³/mol. The van der Waals surface area contributed by atoms with Crippen molar-refractivity contribution in [3.8, 4) is 11.1 Å². The third-order valence-electron chi connectivity index (χ3n) is 2.23. The topological polar surface area (TPSA) is 50.2 Å². The van der Waals surface area contributed by atoms with Gasteiger partial charge in [-0.05, 0) is 17.7 Å². The number of carboxylic acid groups (broad SMARTS) is 1. The van der Waals surface area contributed by atoms with E-state index in [0.29, 0.717) is 5.56 Å². The van der Waals surface area contributed by atoms with Gasteiger partial charge in [0.25, 0.3) is 0 Å². The van der Waals surface area contributed by atoms with Gasteiger partial charge in [-0.3, -0.25) is 0 Å². The molecule has 2 aromatic rings. The highest BCUT2D eigenvalue weighted by molar-refractivity contribution is 5.85. The number of nitrogens with zero attached hydrogens (tertiary/aromatic N) is 1. The van der Waals surface area contributed by atoms with E-state index in [4.69, 9.17) is 5.11 Å². The smallest absolute Gasteiger partial charge is 0.354 e. The van der Waals surface area contributed by atoms with Crippen LogP contribution in [-0.2, 0) is 0 Å². The second kappa shape index (κ2) is 6.58. The second-order valence-corrected chi connectivity index (χ2v) is 3.36. The molecule has 0 aliphatic heterocycles. The number of aromatic nitrogens is 1. The molecule has 0 bridgehead atoms. The molecule has 0 spiro atoms. The van der Waals surface area contributed by atoms with Crippen molar-refractivity contribution in [2.75, 3.05) is 0 Å². The molecule has 0 saturated heterocycles. The van der Waals surface area contributed by atoms with Crippen LogP contribution in [0.2, 0.25) is 0 Å². The van der Waals surface area contributed by atoms with Gasteiger partial charge in [-0.1, -0.05) is 26.0 Å². The van der Waals surface area contributed by atoms with E-state index in [1.807, 2.05) is 13.8 Å². The van der Waals surface area contributed by atoms with Gasteiger partial charge in [0.1, 0.15) is 11.6 Å². The molecular weight excluding hydrogens is 252 g/mol. The van der Waals surface area contributed by atoms with Gasteiger partial charge < -0.3 is 5.11 Å². The van der Waals surface area contributed by atoms with E-state index in [-0.39, 0.29) is 11.3 Å². The highest BCUT2D eigenvalue weighted by atomic mass is 19.1. The number of hydrogen-bond donors (Lipinski definition) is 1. The molecule has 1 N–H and O–H groups in total.